The minimum atomic E-state index is -1.03. The highest BCUT2D eigenvalue weighted by Gasteiger charge is 2.35. The van der Waals surface area contributed by atoms with Crippen molar-refractivity contribution in [3.05, 3.63) is 78.4 Å². The van der Waals surface area contributed by atoms with Crippen molar-refractivity contribution in [2.24, 2.45) is 0 Å². The van der Waals surface area contributed by atoms with E-state index < -0.39 is 29.7 Å². The fraction of sp³-hybridized carbons (Fsp3) is 0.414. The lowest BCUT2D eigenvalue weighted by Gasteiger charge is -2.34. The van der Waals surface area contributed by atoms with Crippen LogP contribution in [0.2, 0.25) is 0 Å². The Morgan fingerprint density at radius 1 is 1.08 bits per heavy atom. The zero-order valence-electron chi connectivity index (χ0n) is 22.2. The summed E-state index contributed by atoms with van der Waals surface area (Å²) in [6.07, 6.45) is 2.67. The van der Waals surface area contributed by atoms with Gasteiger partial charge in [-0.05, 0) is 50.5 Å². The SMILES string of the molecule is C=CCN(C(=O)C(Cc1ccc(O)cc1)NC(=O)OC(C)(C)C)C(C(=O)NCCCC)c1ccccc1. The first-order valence-corrected chi connectivity index (χ1v) is 12.6. The topological polar surface area (TPSA) is 108 Å². The molecule has 3 N–H and O–H groups in total. The second-order valence-corrected chi connectivity index (χ2v) is 9.81. The van der Waals surface area contributed by atoms with Crippen molar-refractivity contribution in [3.63, 3.8) is 0 Å². The Hall–Kier alpha value is -3.81. The molecule has 2 aromatic carbocycles. The number of aromatic hydroxyl groups is 1. The molecule has 2 aromatic rings. The maximum atomic E-state index is 14.0. The number of phenolic OH excluding ortho intramolecular Hbond substituents is 1. The van der Waals surface area contributed by atoms with Crippen LogP contribution in [-0.4, -0.2) is 52.6 Å². The fourth-order valence-corrected chi connectivity index (χ4v) is 3.77. The van der Waals surface area contributed by atoms with E-state index >= 15 is 0 Å². The van der Waals surface area contributed by atoms with Gasteiger partial charge in [0.25, 0.3) is 0 Å². The van der Waals surface area contributed by atoms with Gasteiger partial charge in [0.05, 0.1) is 0 Å². The molecular formula is C29H39N3O5. The van der Waals surface area contributed by atoms with Gasteiger partial charge in [0.15, 0.2) is 0 Å². The average molecular weight is 510 g/mol. The molecule has 0 aliphatic carbocycles. The van der Waals surface area contributed by atoms with Crippen LogP contribution in [0.3, 0.4) is 0 Å². The largest absolute Gasteiger partial charge is 0.508 e. The second kappa shape index (κ2) is 14.1. The molecule has 2 unspecified atom stereocenters. The number of alkyl carbamates (subject to hydrolysis) is 1. The highest BCUT2D eigenvalue weighted by atomic mass is 16.6. The number of nitrogens with zero attached hydrogens (tertiary/aromatic N) is 1. The molecule has 2 rings (SSSR count). The third-order valence-electron chi connectivity index (χ3n) is 5.48. The Balaban J connectivity index is 2.45. The lowest BCUT2D eigenvalue weighted by Crippen LogP contribution is -2.53. The summed E-state index contributed by atoms with van der Waals surface area (Å²) in [5.74, 6) is -0.679. The summed E-state index contributed by atoms with van der Waals surface area (Å²) in [5.41, 5.74) is 0.602. The van der Waals surface area contributed by atoms with Crippen molar-refractivity contribution in [2.45, 2.75) is 64.6 Å². The summed E-state index contributed by atoms with van der Waals surface area (Å²) in [4.78, 5) is 41.5. The number of unbranched alkanes of at least 4 members (excludes halogenated alkanes) is 1. The number of carbonyl (C=O) groups is 3. The number of nitrogens with one attached hydrogen (secondary N) is 2. The highest BCUT2D eigenvalue weighted by Crippen LogP contribution is 2.24. The van der Waals surface area contributed by atoms with Crippen molar-refractivity contribution in [2.75, 3.05) is 13.1 Å². The fourth-order valence-electron chi connectivity index (χ4n) is 3.77. The number of amides is 3. The molecule has 0 aliphatic heterocycles. The summed E-state index contributed by atoms with van der Waals surface area (Å²) in [6.45, 7) is 11.6. The molecule has 0 bridgehead atoms. The molecule has 37 heavy (non-hydrogen) atoms. The quantitative estimate of drug-likeness (QED) is 0.288. The molecule has 0 aromatic heterocycles. The third-order valence-corrected chi connectivity index (χ3v) is 5.48. The lowest BCUT2D eigenvalue weighted by atomic mass is 10.00. The summed E-state index contributed by atoms with van der Waals surface area (Å²) >= 11 is 0. The van der Waals surface area contributed by atoms with E-state index in [4.69, 9.17) is 4.74 Å². The first-order valence-electron chi connectivity index (χ1n) is 12.6. The minimum Gasteiger partial charge on any atom is -0.508 e. The molecule has 0 fully saturated rings. The molecule has 200 valence electrons. The van der Waals surface area contributed by atoms with Crippen LogP contribution in [0, 0.1) is 0 Å². The van der Waals surface area contributed by atoms with Gasteiger partial charge in [-0.2, -0.15) is 0 Å². The molecule has 0 aliphatic rings. The Morgan fingerprint density at radius 2 is 1.73 bits per heavy atom. The van der Waals surface area contributed by atoms with Gasteiger partial charge in [-0.25, -0.2) is 4.79 Å². The zero-order valence-corrected chi connectivity index (χ0v) is 22.2. The Labute approximate surface area is 219 Å². The van der Waals surface area contributed by atoms with Crippen LogP contribution in [0.4, 0.5) is 4.79 Å². The number of benzene rings is 2. The first kappa shape index (κ1) is 29.4. The first-order chi connectivity index (χ1) is 17.6. The van der Waals surface area contributed by atoms with Crippen LogP contribution in [0.1, 0.15) is 57.7 Å². The number of rotatable bonds is 12. The maximum absolute atomic E-state index is 14.0. The number of phenols is 1. The van der Waals surface area contributed by atoms with Crippen molar-refractivity contribution in [3.8, 4) is 5.75 Å². The van der Waals surface area contributed by atoms with Crippen LogP contribution in [-0.2, 0) is 20.7 Å². The van der Waals surface area contributed by atoms with Gasteiger partial charge in [-0.3, -0.25) is 9.59 Å². The number of ether oxygens (including phenoxy) is 1. The summed E-state index contributed by atoms with van der Waals surface area (Å²) in [7, 11) is 0. The van der Waals surface area contributed by atoms with Crippen LogP contribution in [0.25, 0.3) is 0 Å². The van der Waals surface area contributed by atoms with Gasteiger partial charge < -0.3 is 25.4 Å². The van der Waals surface area contributed by atoms with Gasteiger partial charge in [0.1, 0.15) is 23.4 Å². The molecule has 0 spiro atoms. The Kier molecular flexibility index (Phi) is 11.2. The van der Waals surface area contributed by atoms with Gasteiger partial charge >= 0.3 is 6.09 Å². The monoisotopic (exact) mass is 509 g/mol. The minimum absolute atomic E-state index is 0.0850. The Morgan fingerprint density at radius 3 is 2.30 bits per heavy atom. The van der Waals surface area contributed by atoms with E-state index in [1.807, 2.05) is 25.1 Å². The smallest absolute Gasteiger partial charge is 0.408 e. The van der Waals surface area contributed by atoms with Crippen molar-refractivity contribution < 1.29 is 24.2 Å². The predicted octanol–water partition coefficient (Wildman–Crippen LogP) is 4.50. The molecule has 0 saturated heterocycles. The van der Waals surface area contributed by atoms with E-state index in [2.05, 4.69) is 17.2 Å². The zero-order chi connectivity index (χ0) is 27.4. The summed E-state index contributed by atoms with van der Waals surface area (Å²) in [5, 5.41) is 15.3. The molecule has 3 amide bonds. The van der Waals surface area contributed by atoms with Crippen molar-refractivity contribution in [1.82, 2.24) is 15.5 Å². The second-order valence-electron chi connectivity index (χ2n) is 9.81. The molecule has 8 nitrogen and oxygen atoms in total. The van der Waals surface area contributed by atoms with E-state index in [0.717, 1.165) is 18.4 Å². The predicted molar refractivity (Wildman–Crippen MR) is 144 cm³/mol. The van der Waals surface area contributed by atoms with Crippen LogP contribution >= 0.6 is 0 Å². The summed E-state index contributed by atoms with van der Waals surface area (Å²) < 4.78 is 5.41. The van der Waals surface area contributed by atoms with Crippen LogP contribution < -0.4 is 10.6 Å². The molecule has 8 heteroatoms. The molecule has 0 radical (unpaired) electrons. The lowest BCUT2D eigenvalue weighted by molar-refractivity contribution is -0.141. The van der Waals surface area contributed by atoms with Crippen molar-refractivity contribution in [1.29, 1.82) is 0 Å². The number of hydrogen-bond acceptors (Lipinski definition) is 5. The van der Waals surface area contributed by atoms with Crippen LogP contribution in [0.5, 0.6) is 5.75 Å². The van der Waals surface area contributed by atoms with Crippen LogP contribution in [0.15, 0.2) is 67.3 Å². The molecule has 0 saturated carbocycles. The van der Waals surface area contributed by atoms with E-state index in [-0.39, 0.29) is 24.6 Å². The average Bonchev–Trinajstić information content (AvgIpc) is 2.84. The molecule has 0 heterocycles. The summed E-state index contributed by atoms with van der Waals surface area (Å²) in [6, 6.07) is 13.5. The number of carbonyl (C=O) groups excluding carboxylic acids is 3. The van der Waals surface area contributed by atoms with Gasteiger partial charge in [-0.1, -0.05) is 61.9 Å². The molecule has 2 atom stereocenters. The Bertz CT molecular complexity index is 1030. The van der Waals surface area contributed by atoms with Gasteiger partial charge in [0.2, 0.25) is 11.8 Å². The maximum Gasteiger partial charge on any atom is 0.408 e. The van der Waals surface area contributed by atoms with E-state index in [1.54, 1.807) is 51.1 Å². The highest BCUT2D eigenvalue weighted by molar-refractivity contribution is 5.92. The number of hydrogen-bond donors (Lipinski definition) is 3. The van der Waals surface area contributed by atoms with Gasteiger partial charge in [-0.15, -0.1) is 6.58 Å². The van der Waals surface area contributed by atoms with E-state index in [9.17, 15) is 19.5 Å². The molecular weight excluding hydrogens is 470 g/mol. The van der Waals surface area contributed by atoms with E-state index in [0.29, 0.717) is 12.1 Å². The van der Waals surface area contributed by atoms with Gasteiger partial charge in [0, 0.05) is 19.5 Å². The van der Waals surface area contributed by atoms with Crippen molar-refractivity contribution >= 4 is 17.9 Å². The normalized spacial score (nSPS) is 12.6. The third kappa shape index (κ3) is 9.63. The van der Waals surface area contributed by atoms with E-state index in [1.165, 1.54) is 17.0 Å². The standard InChI is InChI=1S/C29H39N3O5/c1-6-8-18-30-26(34)25(22-12-10-9-11-13-22)32(19-7-2)27(35)24(31-28(36)37-29(3,4)5)20-21-14-16-23(33)17-15-21/h7,9-17,24-25,33H,2,6,8,18-20H2,1,3-5H3,(H,30,34)(H,31,36).